The van der Waals surface area contributed by atoms with Gasteiger partial charge in [-0.3, -0.25) is 20.3 Å². The first-order valence-electron chi connectivity index (χ1n) is 8.28. The van der Waals surface area contributed by atoms with E-state index in [-0.39, 0.29) is 16.3 Å². The van der Waals surface area contributed by atoms with Gasteiger partial charge in [0.05, 0.1) is 24.7 Å². The van der Waals surface area contributed by atoms with Crippen molar-refractivity contribution in [2.24, 2.45) is 5.10 Å². The molecule has 0 saturated carbocycles. The van der Waals surface area contributed by atoms with Crippen molar-refractivity contribution in [3.05, 3.63) is 78.9 Å². The predicted molar refractivity (Wildman–Crippen MR) is 121 cm³/mol. The molecule has 30 heavy (non-hydrogen) atoms. The average Bonchev–Trinajstić information content (AvgIpc) is 3.14. The largest absolute Gasteiger partial charge is 0.295 e. The molecule has 0 fully saturated rings. The molecule has 1 aromatic heterocycles. The molecule has 12 heteroatoms. The van der Waals surface area contributed by atoms with Gasteiger partial charge < -0.3 is 0 Å². The van der Waals surface area contributed by atoms with Crippen molar-refractivity contribution in [2.75, 3.05) is 10.1 Å². The Morgan fingerprint density at radius 3 is 2.40 bits per heavy atom. The summed E-state index contributed by atoms with van der Waals surface area (Å²) < 4.78 is 28.1. The second-order valence-electron chi connectivity index (χ2n) is 5.96. The number of nitrogens with one attached hydrogen (secondary N) is 2. The van der Waals surface area contributed by atoms with E-state index < -0.39 is 20.6 Å². The van der Waals surface area contributed by atoms with E-state index in [2.05, 4.69) is 15.2 Å². The molecule has 0 unspecified atom stereocenters. The van der Waals surface area contributed by atoms with Gasteiger partial charge in [0.1, 0.15) is 5.69 Å². The highest BCUT2D eigenvalue weighted by Gasteiger charge is 2.21. The second-order valence-corrected chi connectivity index (χ2v) is 9.80. The number of nitrogens with zero attached hydrogens (tertiary/aromatic N) is 2. The molecular formula is C18H14Cl2N4O4S2. The summed E-state index contributed by atoms with van der Waals surface area (Å²) in [7, 11) is -4.04. The number of halogens is 2. The standard InChI is InChI=1S/C18H14Cl2N4O4S2/c1-11(17-8-9-18(20)29-17)21-22-15-7-6-14(10-16(15)24(25)26)30(27,28)23-13-4-2-12(19)3-5-13/h2-10,22-23H,1H3. The predicted octanol–water partition coefficient (Wildman–Crippen LogP) is 5.60. The van der Waals surface area contributed by atoms with Crippen LogP contribution in [0.3, 0.4) is 0 Å². The smallest absolute Gasteiger partial charge is 0.280 e. The summed E-state index contributed by atoms with van der Waals surface area (Å²) in [6.07, 6.45) is 0. The van der Waals surface area contributed by atoms with Crippen LogP contribution in [-0.4, -0.2) is 19.1 Å². The number of hydrazone groups is 1. The van der Waals surface area contributed by atoms with E-state index in [1.165, 1.54) is 47.7 Å². The number of nitro groups is 1. The maximum Gasteiger partial charge on any atom is 0.295 e. The minimum Gasteiger partial charge on any atom is -0.280 e. The van der Waals surface area contributed by atoms with Crippen LogP contribution >= 0.6 is 34.5 Å². The summed E-state index contributed by atoms with van der Waals surface area (Å²) >= 11 is 13.0. The van der Waals surface area contributed by atoms with Gasteiger partial charge in [-0.1, -0.05) is 23.2 Å². The van der Waals surface area contributed by atoms with Crippen molar-refractivity contribution in [1.82, 2.24) is 0 Å². The second kappa shape index (κ2) is 9.00. The van der Waals surface area contributed by atoms with Crippen LogP contribution in [0, 0.1) is 10.1 Å². The van der Waals surface area contributed by atoms with Gasteiger partial charge in [0.15, 0.2) is 0 Å². The average molecular weight is 485 g/mol. The molecule has 0 bridgehead atoms. The van der Waals surface area contributed by atoms with Gasteiger partial charge in [-0.25, -0.2) is 8.42 Å². The number of nitro benzene ring substituents is 1. The SMILES string of the molecule is CC(=NNc1ccc(S(=O)(=O)Nc2ccc(Cl)cc2)cc1[N+](=O)[O-])c1ccc(Cl)s1. The number of thiophene rings is 1. The Bertz CT molecular complexity index is 1230. The number of hydrogen-bond acceptors (Lipinski definition) is 7. The molecule has 3 rings (SSSR count). The fourth-order valence-electron chi connectivity index (χ4n) is 2.36. The third kappa shape index (κ3) is 5.28. The minimum absolute atomic E-state index is 0.0486. The van der Waals surface area contributed by atoms with Crippen LogP contribution in [0.15, 0.2) is 64.6 Å². The Kier molecular flexibility index (Phi) is 6.61. The Hall–Kier alpha value is -2.66. The number of sulfonamides is 1. The maximum atomic E-state index is 12.6. The van der Waals surface area contributed by atoms with Crippen LogP contribution in [-0.2, 0) is 10.0 Å². The number of benzene rings is 2. The molecule has 0 aliphatic carbocycles. The molecule has 3 aromatic rings. The van der Waals surface area contributed by atoms with Crippen LogP contribution in [0.2, 0.25) is 9.36 Å². The van der Waals surface area contributed by atoms with E-state index in [1.807, 2.05) is 0 Å². The molecule has 8 nitrogen and oxygen atoms in total. The van der Waals surface area contributed by atoms with Gasteiger partial charge in [0.2, 0.25) is 0 Å². The fraction of sp³-hybridized carbons (Fsp3) is 0.0556. The lowest BCUT2D eigenvalue weighted by molar-refractivity contribution is -0.384. The Balaban J connectivity index is 1.87. The lowest BCUT2D eigenvalue weighted by Crippen LogP contribution is -2.13. The van der Waals surface area contributed by atoms with E-state index in [4.69, 9.17) is 23.2 Å². The van der Waals surface area contributed by atoms with Crippen LogP contribution < -0.4 is 10.1 Å². The summed E-state index contributed by atoms with van der Waals surface area (Å²) in [5, 5.41) is 16.1. The zero-order valence-electron chi connectivity index (χ0n) is 15.3. The molecule has 0 amide bonds. The van der Waals surface area contributed by atoms with Crippen LogP contribution in [0.4, 0.5) is 17.1 Å². The highest BCUT2D eigenvalue weighted by atomic mass is 35.5. The molecular weight excluding hydrogens is 471 g/mol. The van der Waals surface area contributed by atoms with E-state index in [9.17, 15) is 18.5 Å². The molecule has 0 radical (unpaired) electrons. The molecule has 1 heterocycles. The summed E-state index contributed by atoms with van der Waals surface area (Å²) in [5.74, 6) is 0. The molecule has 2 aromatic carbocycles. The number of rotatable bonds is 7. The van der Waals surface area contributed by atoms with E-state index in [0.717, 1.165) is 10.9 Å². The van der Waals surface area contributed by atoms with Gasteiger partial charge in [-0.2, -0.15) is 5.10 Å². The fourth-order valence-corrected chi connectivity index (χ4v) is 4.56. The Morgan fingerprint density at radius 2 is 1.80 bits per heavy atom. The van der Waals surface area contributed by atoms with E-state index >= 15 is 0 Å². The highest BCUT2D eigenvalue weighted by Crippen LogP contribution is 2.29. The first-order valence-corrected chi connectivity index (χ1v) is 11.3. The van der Waals surface area contributed by atoms with Crippen LogP contribution in [0.5, 0.6) is 0 Å². The Morgan fingerprint density at radius 1 is 1.10 bits per heavy atom. The highest BCUT2D eigenvalue weighted by molar-refractivity contribution is 7.92. The zero-order valence-corrected chi connectivity index (χ0v) is 18.4. The van der Waals surface area contributed by atoms with Crippen molar-refractivity contribution in [1.29, 1.82) is 0 Å². The Labute approximate surface area is 186 Å². The monoisotopic (exact) mass is 484 g/mol. The molecule has 156 valence electrons. The van der Waals surface area contributed by atoms with Crippen molar-refractivity contribution < 1.29 is 13.3 Å². The summed E-state index contributed by atoms with van der Waals surface area (Å²) in [5.41, 5.74) is 3.08. The first-order chi connectivity index (χ1) is 14.2. The molecule has 0 saturated heterocycles. The first kappa shape index (κ1) is 22.0. The van der Waals surface area contributed by atoms with E-state index in [1.54, 1.807) is 19.1 Å². The van der Waals surface area contributed by atoms with Gasteiger partial charge >= 0.3 is 0 Å². The van der Waals surface area contributed by atoms with E-state index in [0.29, 0.717) is 15.1 Å². The van der Waals surface area contributed by atoms with Crippen molar-refractivity contribution in [2.45, 2.75) is 11.8 Å². The normalized spacial score (nSPS) is 11.9. The molecule has 0 atom stereocenters. The summed E-state index contributed by atoms with van der Waals surface area (Å²) in [6, 6.07) is 13.0. The molecule has 0 aliphatic heterocycles. The van der Waals surface area contributed by atoms with Gasteiger partial charge in [-0.05, 0) is 55.5 Å². The van der Waals surface area contributed by atoms with Crippen molar-refractivity contribution >= 4 is 67.3 Å². The third-order valence-electron chi connectivity index (χ3n) is 3.85. The number of hydrogen-bond donors (Lipinski definition) is 2. The molecule has 0 aliphatic rings. The van der Waals surface area contributed by atoms with Gasteiger partial charge in [0, 0.05) is 16.8 Å². The van der Waals surface area contributed by atoms with Crippen molar-refractivity contribution in [3.8, 4) is 0 Å². The minimum atomic E-state index is -4.04. The van der Waals surface area contributed by atoms with Gasteiger partial charge in [0.25, 0.3) is 15.7 Å². The lowest BCUT2D eigenvalue weighted by atomic mass is 10.3. The van der Waals surface area contributed by atoms with Crippen molar-refractivity contribution in [3.63, 3.8) is 0 Å². The quantitative estimate of drug-likeness (QED) is 0.257. The number of anilines is 2. The lowest BCUT2D eigenvalue weighted by Gasteiger charge is -2.10. The summed E-state index contributed by atoms with van der Waals surface area (Å²) in [6.45, 7) is 1.72. The summed E-state index contributed by atoms with van der Waals surface area (Å²) in [4.78, 5) is 11.3. The third-order valence-corrected chi connectivity index (χ3v) is 6.82. The van der Waals surface area contributed by atoms with Crippen LogP contribution in [0.1, 0.15) is 11.8 Å². The molecule has 0 spiro atoms. The van der Waals surface area contributed by atoms with Crippen LogP contribution in [0.25, 0.3) is 0 Å². The topological polar surface area (TPSA) is 114 Å². The molecule has 2 N–H and O–H groups in total. The van der Waals surface area contributed by atoms with Gasteiger partial charge in [-0.15, -0.1) is 11.3 Å². The maximum absolute atomic E-state index is 12.6. The zero-order chi connectivity index (χ0) is 21.9.